The molecule has 1 N–H and O–H groups in total. The molecule has 0 saturated carbocycles. The molecule has 3 rings (SSSR count). The molecule has 21 heavy (non-hydrogen) atoms. The standard InChI is InChI=1S/C16H22N2O3/c19-16(12-18-7-1-2-8-18)17-6-5-13-3-4-14-15(11-13)21-10-9-20-14/h3-4,11H,1-2,5-10,12H2,(H,17,19). The molecule has 2 aliphatic rings. The smallest absolute Gasteiger partial charge is 0.234 e. The van der Waals surface area contributed by atoms with E-state index in [0.29, 0.717) is 26.3 Å². The predicted octanol–water partition coefficient (Wildman–Crippen LogP) is 1.21. The maximum Gasteiger partial charge on any atom is 0.234 e. The summed E-state index contributed by atoms with van der Waals surface area (Å²) < 4.78 is 11.1. The molecule has 0 spiro atoms. The second-order valence-electron chi connectivity index (χ2n) is 5.56. The fraction of sp³-hybridized carbons (Fsp3) is 0.562. The minimum atomic E-state index is 0.120. The molecular weight excluding hydrogens is 268 g/mol. The Morgan fingerprint density at radius 2 is 1.90 bits per heavy atom. The number of carbonyl (C=O) groups excluding carboxylic acids is 1. The molecule has 1 aromatic carbocycles. The van der Waals surface area contributed by atoms with Crippen molar-refractivity contribution in [2.24, 2.45) is 0 Å². The van der Waals surface area contributed by atoms with Crippen LogP contribution >= 0.6 is 0 Å². The minimum absolute atomic E-state index is 0.120. The number of hydrogen-bond acceptors (Lipinski definition) is 4. The van der Waals surface area contributed by atoms with Crippen LogP contribution in [0.2, 0.25) is 0 Å². The van der Waals surface area contributed by atoms with E-state index in [9.17, 15) is 4.79 Å². The Balaban J connectivity index is 1.43. The minimum Gasteiger partial charge on any atom is -0.486 e. The molecule has 0 radical (unpaired) electrons. The van der Waals surface area contributed by atoms with Crippen LogP contribution in [0.1, 0.15) is 18.4 Å². The summed E-state index contributed by atoms with van der Waals surface area (Å²) >= 11 is 0. The second-order valence-corrected chi connectivity index (χ2v) is 5.56. The number of nitrogens with one attached hydrogen (secondary N) is 1. The van der Waals surface area contributed by atoms with E-state index in [0.717, 1.165) is 36.6 Å². The number of carbonyl (C=O) groups is 1. The first kappa shape index (κ1) is 14.2. The van der Waals surface area contributed by atoms with Gasteiger partial charge < -0.3 is 14.8 Å². The third-order valence-electron chi connectivity index (χ3n) is 3.91. The van der Waals surface area contributed by atoms with Crippen LogP contribution in [0.25, 0.3) is 0 Å². The molecule has 0 unspecified atom stereocenters. The Labute approximate surface area is 125 Å². The zero-order chi connectivity index (χ0) is 14.5. The number of nitrogens with zero attached hydrogens (tertiary/aromatic N) is 1. The Hall–Kier alpha value is -1.75. The lowest BCUT2D eigenvalue weighted by molar-refractivity contribution is -0.121. The lowest BCUT2D eigenvalue weighted by atomic mass is 10.1. The van der Waals surface area contributed by atoms with E-state index in [1.54, 1.807) is 0 Å². The summed E-state index contributed by atoms with van der Waals surface area (Å²) in [7, 11) is 0. The SMILES string of the molecule is O=C(CN1CCCC1)NCCc1ccc2c(c1)OCCO2. The molecule has 0 aromatic heterocycles. The van der Waals surface area contributed by atoms with Crippen molar-refractivity contribution < 1.29 is 14.3 Å². The molecule has 2 heterocycles. The van der Waals surface area contributed by atoms with Crippen molar-refractivity contribution in [2.75, 3.05) is 39.4 Å². The highest BCUT2D eigenvalue weighted by Crippen LogP contribution is 2.30. The zero-order valence-electron chi connectivity index (χ0n) is 12.3. The van der Waals surface area contributed by atoms with Gasteiger partial charge in [-0.3, -0.25) is 9.69 Å². The van der Waals surface area contributed by atoms with Gasteiger partial charge >= 0.3 is 0 Å². The second kappa shape index (κ2) is 6.80. The van der Waals surface area contributed by atoms with Crippen LogP contribution in [0.3, 0.4) is 0 Å². The first-order valence-electron chi connectivity index (χ1n) is 7.69. The van der Waals surface area contributed by atoms with Gasteiger partial charge in [-0.1, -0.05) is 6.07 Å². The van der Waals surface area contributed by atoms with E-state index < -0.39 is 0 Å². The van der Waals surface area contributed by atoms with E-state index in [2.05, 4.69) is 10.2 Å². The van der Waals surface area contributed by atoms with Gasteiger partial charge in [-0.25, -0.2) is 0 Å². The highest BCUT2D eigenvalue weighted by molar-refractivity contribution is 5.78. The number of ether oxygens (including phenoxy) is 2. The third-order valence-corrected chi connectivity index (χ3v) is 3.91. The summed E-state index contributed by atoms with van der Waals surface area (Å²) in [4.78, 5) is 14.0. The number of amides is 1. The monoisotopic (exact) mass is 290 g/mol. The summed E-state index contributed by atoms with van der Waals surface area (Å²) in [5.41, 5.74) is 1.15. The average molecular weight is 290 g/mol. The van der Waals surface area contributed by atoms with Crippen LogP contribution in [0, 0.1) is 0 Å². The third kappa shape index (κ3) is 3.88. The van der Waals surface area contributed by atoms with Crippen molar-refractivity contribution in [3.05, 3.63) is 23.8 Å². The van der Waals surface area contributed by atoms with E-state index >= 15 is 0 Å². The Morgan fingerprint density at radius 1 is 1.14 bits per heavy atom. The fourth-order valence-electron chi connectivity index (χ4n) is 2.79. The maximum absolute atomic E-state index is 11.8. The molecule has 0 bridgehead atoms. The first-order chi connectivity index (χ1) is 10.3. The number of hydrogen-bond donors (Lipinski definition) is 1. The highest BCUT2D eigenvalue weighted by atomic mass is 16.6. The molecule has 114 valence electrons. The molecule has 1 saturated heterocycles. The van der Waals surface area contributed by atoms with Crippen molar-refractivity contribution in [1.29, 1.82) is 0 Å². The topological polar surface area (TPSA) is 50.8 Å². The largest absolute Gasteiger partial charge is 0.486 e. The van der Waals surface area contributed by atoms with Gasteiger partial charge in [0.1, 0.15) is 13.2 Å². The van der Waals surface area contributed by atoms with E-state index in [1.165, 1.54) is 12.8 Å². The van der Waals surface area contributed by atoms with Gasteiger partial charge in [-0.2, -0.15) is 0 Å². The van der Waals surface area contributed by atoms with Gasteiger partial charge in [0.25, 0.3) is 0 Å². The maximum atomic E-state index is 11.8. The van der Waals surface area contributed by atoms with Crippen molar-refractivity contribution >= 4 is 5.91 Å². The summed E-state index contributed by atoms with van der Waals surface area (Å²) in [5.74, 6) is 1.74. The molecule has 5 heteroatoms. The molecule has 5 nitrogen and oxygen atoms in total. The summed E-state index contributed by atoms with van der Waals surface area (Å²) in [6.07, 6.45) is 3.23. The van der Waals surface area contributed by atoms with Crippen molar-refractivity contribution in [1.82, 2.24) is 10.2 Å². The van der Waals surface area contributed by atoms with E-state index in [4.69, 9.17) is 9.47 Å². The van der Waals surface area contributed by atoms with Gasteiger partial charge in [0, 0.05) is 6.54 Å². The van der Waals surface area contributed by atoms with Crippen LogP contribution in [-0.4, -0.2) is 50.2 Å². The predicted molar refractivity (Wildman–Crippen MR) is 79.8 cm³/mol. The molecule has 1 aromatic rings. The quantitative estimate of drug-likeness (QED) is 0.885. The van der Waals surface area contributed by atoms with Crippen molar-refractivity contribution in [3.8, 4) is 11.5 Å². The number of fused-ring (bicyclic) bond motifs is 1. The van der Waals surface area contributed by atoms with E-state index in [-0.39, 0.29) is 5.91 Å². The summed E-state index contributed by atoms with van der Waals surface area (Å²) in [6, 6.07) is 5.97. The summed E-state index contributed by atoms with van der Waals surface area (Å²) in [6.45, 7) is 4.50. The van der Waals surface area contributed by atoms with Crippen LogP contribution in [-0.2, 0) is 11.2 Å². The summed E-state index contributed by atoms with van der Waals surface area (Å²) in [5, 5.41) is 2.99. The van der Waals surface area contributed by atoms with Gasteiger partial charge in [0.05, 0.1) is 6.54 Å². The Bertz CT molecular complexity index is 498. The highest BCUT2D eigenvalue weighted by Gasteiger charge is 2.15. The first-order valence-corrected chi connectivity index (χ1v) is 7.69. The lowest BCUT2D eigenvalue weighted by Crippen LogP contribution is -2.36. The van der Waals surface area contributed by atoms with Crippen molar-refractivity contribution in [2.45, 2.75) is 19.3 Å². The van der Waals surface area contributed by atoms with Gasteiger partial charge in [0.15, 0.2) is 11.5 Å². The normalized spacial score (nSPS) is 17.7. The average Bonchev–Trinajstić information content (AvgIpc) is 3.00. The van der Waals surface area contributed by atoms with Gasteiger partial charge in [-0.05, 0) is 50.0 Å². The Kier molecular flexibility index (Phi) is 4.60. The van der Waals surface area contributed by atoms with Crippen molar-refractivity contribution in [3.63, 3.8) is 0 Å². The fourth-order valence-corrected chi connectivity index (χ4v) is 2.79. The van der Waals surface area contributed by atoms with Crippen LogP contribution in [0.4, 0.5) is 0 Å². The van der Waals surface area contributed by atoms with Crippen LogP contribution < -0.4 is 14.8 Å². The Morgan fingerprint density at radius 3 is 2.71 bits per heavy atom. The van der Waals surface area contributed by atoms with Gasteiger partial charge in [-0.15, -0.1) is 0 Å². The molecule has 0 atom stereocenters. The van der Waals surface area contributed by atoms with Crippen LogP contribution in [0.5, 0.6) is 11.5 Å². The number of rotatable bonds is 5. The van der Waals surface area contributed by atoms with Gasteiger partial charge in [0.2, 0.25) is 5.91 Å². The number of likely N-dealkylation sites (tertiary alicyclic amines) is 1. The molecule has 0 aliphatic carbocycles. The lowest BCUT2D eigenvalue weighted by Gasteiger charge is -2.19. The number of benzene rings is 1. The zero-order valence-corrected chi connectivity index (χ0v) is 12.3. The van der Waals surface area contributed by atoms with Crippen LogP contribution in [0.15, 0.2) is 18.2 Å². The molecular formula is C16H22N2O3. The molecule has 2 aliphatic heterocycles. The molecule has 1 amide bonds. The molecule has 1 fully saturated rings. The van der Waals surface area contributed by atoms with E-state index in [1.807, 2.05) is 18.2 Å².